The van der Waals surface area contributed by atoms with Crippen LogP contribution in [0.3, 0.4) is 0 Å². The van der Waals surface area contributed by atoms with E-state index in [4.69, 9.17) is 9.47 Å². The molecular formula is C21H25NO4. The molecule has 0 aliphatic heterocycles. The Kier molecular flexibility index (Phi) is 6.78. The summed E-state index contributed by atoms with van der Waals surface area (Å²) in [5.74, 6) is 0.0314. The number of hydrogen-bond acceptors (Lipinski definition) is 4. The monoisotopic (exact) mass is 355 g/mol. The highest BCUT2D eigenvalue weighted by atomic mass is 16.5. The third-order valence-electron chi connectivity index (χ3n) is 4.13. The molecule has 26 heavy (non-hydrogen) atoms. The number of hydrogen-bond donors (Lipinski definition) is 1. The van der Waals surface area contributed by atoms with Gasteiger partial charge in [-0.25, -0.2) is 4.79 Å². The van der Waals surface area contributed by atoms with Crippen molar-refractivity contribution in [1.82, 2.24) is 0 Å². The standard InChI is InChI=1S/C21H25NO4/c1-5-18(26-19-12-7-9-14(3)15(19)4)20(23)22-17-11-8-10-16(13-17)21(24)25-6-2/h7-13,18H,5-6H2,1-4H3,(H,22,23)/t18-/m1/s1. The highest BCUT2D eigenvalue weighted by Crippen LogP contribution is 2.23. The molecule has 0 fully saturated rings. The fraction of sp³-hybridized carbons (Fsp3) is 0.333. The molecule has 0 radical (unpaired) electrons. The summed E-state index contributed by atoms with van der Waals surface area (Å²) in [6, 6.07) is 12.5. The van der Waals surface area contributed by atoms with Gasteiger partial charge in [0.2, 0.25) is 0 Å². The summed E-state index contributed by atoms with van der Waals surface area (Å²) in [6.07, 6.45) is -0.0988. The molecular weight excluding hydrogens is 330 g/mol. The van der Waals surface area contributed by atoms with E-state index in [-0.39, 0.29) is 5.91 Å². The van der Waals surface area contributed by atoms with Crippen LogP contribution in [0, 0.1) is 13.8 Å². The van der Waals surface area contributed by atoms with E-state index < -0.39 is 12.1 Å². The molecule has 1 amide bonds. The van der Waals surface area contributed by atoms with E-state index in [2.05, 4.69) is 5.32 Å². The van der Waals surface area contributed by atoms with Gasteiger partial charge in [0.05, 0.1) is 12.2 Å². The quantitative estimate of drug-likeness (QED) is 0.753. The molecule has 0 aliphatic rings. The highest BCUT2D eigenvalue weighted by Gasteiger charge is 2.20. The molecule has 5 heteroatoms. The van der Waals surface area contributed by atoms with Crippen molar-refractivity contribution in [2.75, 3.05) is 11.9 Å². The van der Waals surface area contributed by atoms with Crippen LogP contribution >= 0.6 is 0 Å². The first-order valence-corrected chi connectivity index (χ1v) is 8.77. The van der Waals surface area contributed by atoms with E-state index in [0.717, 1.165) is 11.1 Å². The van der Waals surface area contributed by atoms with Crippen molar-refractivity contribution in [3.63, 3.8) is 0 Å². The number of esters is 1. The number of nitrogens with one attached hydrogen (secondary N) is 1. The maximum absolute atomic E-state index is 12.6. The average Bonchev–Trinajstić information content (AvgIpc) is 2.63. The Hall–Kier alpha value is -2.82. The Balaban J connectivity index is 2.11. The molecule has 1 atom stereocenters. The smallest absolute Gasteiger partial charge is 0.338 e. The van der Waals surface area contributed by atoms with Crippen molar-refractivity contribution in [3.8, 4) is 5.75 Å². The van der Waals surface area contributed by atoms with Gasteiger partial charge in [-0.05, 0) is 62.6 Å². The molecule has 2 aromatic rings. The van der Waals surface area contributed by atoms with Crippen LogP contribution in [0.15, 0.2) is 42.5 Å². The van der Waals surface area contributed by atoms with Crippen LogP contribution in [0.5, 0.6) is 5.75 Å². The van der Waals surface area contributed by atoms with Crippen LogP contribution in [0.2, 0.25) is 0 Å². The van der Waals surface area contributed by atoms with Crippen LogP contribution in [-0.4, -0.2) is 24.6 Å². The second-order valence-electron chi connectivity index (χ2n) is 6.00. The molecule has 0 spiro atoms. The molecule has 138 valence electrons. The van der Waals surface area contributed by atoms with Gasteiger partial charge in [-0.3, -0.25) is 4.79 Å². The summed E-state index contributed by atoms with van der Waals surface area (Å²) in [5, 5.41) is 2.81. The molecule has 0 unspecified atom stereocenters. The lowest BCUT2D eigenvalue weighted by atomic mass is 10.1. The van der Waals surface area contributed by atoms with Gasteiger partial charge in [-0.1, -0.05) is 25.1 Å². The molecule has 0 saturated heterocycles. The first kappa shape index (κ1) is 19.5. The Morgan fingerprint density at radius 2 is 1.81 bits per heavy atom. The minimum atomic E-state index is -0.623. The lowest BCUT2D eigenvalue weighted by molar-refractivity contribution is -0.122. The number of rotatable bonds is 7. The Morgan fingerprint density at radius 1 is 1.08 bits per heavy atom. The van der Waals surface area contributed by atoms with Crippen LogP contribution in [-0.2, 0) is 9.53 Å². The van der Waals surface area contributed by atoms with E-state index in [9.17, 15) is 9.59 Å². The molecule has 0 aliphatic carbocycles. The second kappa shape index (κ2) is 9.04. The lowest BCUT2D eigenvalue weighted by Crippen LogP contribution is -2.32. The van der Waals surface area contributed by atoms with E-state index in [1.54, 1.807) is 31.2 Å². The van der Waals surface area contributed by atoms with Crippen LogP contribution < -0.4 is 10.1 Å². The van der Waals surface area contributed by atoms with Crippen molar-refractivity contribution in [3.05, 3.63) is 59.2 Å². The number of ether oxygens (including phenoxy) is 2. The van der Waals surface area contributed by atoms with E-state index in [0.29, 0.717) is 30.0 Å². The fourth-order valence-corrected chi connectivity index (χ4v) is 2.49. The minimum absolute atomic E-state index is 0.255. The zero-order chi connectivity index (χ0) is 19.1. The number of carbonyl (C=O) groups is 2. The van der Waals surface area contributed by atoms with Gasteiger partial charge in [0, 0.05) is 5.69 Å². The van der Waals surface area contributed by atoms with Gasteiger partial charge in [-0.2, -0.15) is 0 Å². The molecule has 2 aromatic carbocycles. The average molecular weight is 355 g/mol. The van der Waals surface area contributed by atoms with Gasteiger partial charge >= 0.3 is 5.97 Å². The molecule has 0 aromatic heterocycles. The molecule has 0 saturated carbocycles. The van der Waals surface area contributed by atoms with Gasteiger partial charge in [0.1, 0.15) is 5.75 Å². The predicted octanol–water partition coefficient (Wildman–Crippen LogP) is 4.28. The van der Waals surface area contributed by atoms with Crippen molar-refractivity contribution < 1.29 is 19.1 Å². The van der Waals surface area contributed by atoms with E-state index in [1.165, 1.54) is 0 Å². The zero-order valence-corrected chi connectivity index (χ0v) is 15.7. The largest absolute Gasteiger partial charge is 0.480 e. The molecule has 0 heterocycles. The van der Waals surface area contributed by atoms with Gasteiger partial charge < -0.3 is 14.8 Å². The summed E-state index contributed by atoms with van der Waals surface area (Å²) in [4.78, 5) is 24.4. The third-order valence-corrected chi connectivity index (χ3v) is 4.13. The topological polar surface area (TPSA) is 64.6 Å². The van der Waals surface area contributed by atoms with Crippen LogP contribution in [0.1, 0.15) is 41.8 Å². The lowest BCUT2D eigenvalue weighted by Gasteiger charge is -2.19. The highest BCUT2D eigenvalue weighted by molar-refractivity contribution is 5.96. The predicted molar refractivity (Wildman–Crippen MR) is 102 cm³/mol. The molecule has 1 N–H and O–H groups in total. The molecule has 0 bridgehead atoms. The van der Waals surface area contributed by atoms with Crippen LogP contribution in [0.25, 0.3) is 0 Å². The Bertz CT molecular complexity index is 785. The van der Waals surface area contributed by atoms with Crippen molar-refractivity contribution in [1.29, 1.82) is 0 Å². The summed E-state index contributed by atoms with van der Waals surface area (Å²) >= 11 is 0. The fourth-order valence-electron chi connectivity index (χ4n) is 2.49. The third kappa shape index (κ3) is 4.85. The maximum atomic E-state index is 12.6. The Labute approximate surface area is 154 Å². The van der Waals surface area contributed by atoms with Gasteiger partial charge in [0.25, 0.3) is 5.91 Å². The minimum Gasteiger partial charge on any atom is -0.480 e. The summed E-state index contributed by atoms with van der Waals surface area (Å²) < 4.78 is 10.9. The molecule has 5 nitrogen and oxygen atoms in total. The normalized spacial score (nSPS) is 11.5. The second-order valence-corrected chi connectivity index (χ2v) is 6.00. The number of benzene rings is 2. The van der Waals surface area contributed by atoms with Crippen molar-refractivity contribution in [2.24, 2.45) is 0 Å². The number of anilines is 1. The van der Waals surface area contributed by atoms with E-state index >= 15 is 0 Å². The number of carbonyl (C=O) groups excluding carboxylic acids is 2. The Morgan fingerprint density at radius 3 is 2.50 bits per heavy atom. The number of aryl methyl sites for hydroxylation is 1. The summed E-state index contributed by atoms with van der Waals surface area (Å²) in [6.45, 7) is 7.92. The maximum Gasteiger partial charge on any atom is 0.338 e. The van der Waals surface area contributed by atoms with Gasteiger partial charge in [-0.15, -0.1) is 0 Å². The van der Waals surface area contributed by atoms with Gasteiger partial charge in [0.15, 0.2) is 6.10 Å². The number of amides is 1. The SMILES string of the molecule is CCOC(=O)c1cccc(NC(=O)[C@@H](CC)Oc2cccc(C)c2C)c1. The summed E-state index contributed by atoms with van der Waals surface area (Å²) in [5.41, 5.74) is 3.06. The first-order chi connectivity index (χ1) is 12.5. The first-order valence-electron chi connectivity index (χ1n) is 8.77. The van der Waals surface area contributed by atoms with Crippen molar-refractivity contribution >= 4 is 17.6 Å². The summed E-state index contributed by atoms with van der Waals surface area (Å²) in [7, 11) is 0. The molecule has 2 rings (SSSR count). The van der Waals surface area contributed by atoms with Crippen LogP contribution in [0.4, 0.5) is 5.69 Å². The van der Waals surface area contributed by atoms with E-state index in [1.807, 2.05) is 39.0 Å². The van der Waals surface area contributed by atoms with Crippen molar-refractivity contribution in [2.45, 2.75) is 40.2 Å². The zero-order valence-electron chi connectivity index (χ0n) is 15.7.